The zero-order valence-corrected chi connectivity index (χ0v) is 15.0. The zero-order valence-electron chi connectivity index (χ0n) is 14.2. The van der Waals surface area contributed by atoms with Crippen LogP contribution in [0.25, 0.3) is 0 Å². The summed E-state index contributed by atoms with van der Waals surface area (Å²) in [6.07, 6.45) is 0. The minimum Gasteiger partial charge on any atom is -0.312 e. The first-order chi connectivity index (χ1) is 11.3. The summed E-state index contributed by atoms with van der Waals surface area (Å²) in [5, 5.41) is 0.595. The molecule has 0 saturated heterocycles. The number of benzene rings is 2. The predicted molar refractivity (Wildman–Crippen MR) is 98.6 cm³/mol. The number of hydrogen-bond acceptors (Lipinski definition) is 2. The number of hydrogen-bond donors (Lipinski definition) is 0. The third-order valence-electron chi connectivity index (χ3n) is 4.96. The summed E-state index contributed by atoms with van der Waals surface area (Å²) < 4.78 is 0. The Morgan fingerprint density at radius 1 is 1.04 bits per heavy atom. The van der Waals surface area contributed by atoms with E-state index in [-0.39, 0.29) is 11.3 Å². The van der Waals surface area contributed by atoms with E-state index in [9.17, 15) is 4.79 Å². The van der Waals surface area contributed by atoms with E-state index >= 15 is 0 Å². The molecule has 0 N–H and O–H groups in total. The SMILES string of the molecule is CN1C(=O)C2(C(C(C)(C)C)=Nc3ccccc32)c2cccc(Cl)c21. The Balaban J connectivity index is 2.15. The number of carbonyl (C=O) groups excluding carboxylic acids is 1. The molecule has 2 aliphatic rings. The quantitative estimate of drug-likeness (QED) is 0.683. The highest BCUT2D eigenvalue weighted by Gasteiger charge is 2.60. The molecule has 0 aliphatic carbocycles. The molecular formula is C20H19ClN2O. The Labute approximate surface area is 147 Å². The fourth-order valence-electron chi connectivity index (χ4n) is 4.07. The molecule has 122 valence electrons. The zero-order chi connectivity index (χ0) is 17.3. The fourth-order valence-corrected chi connectivity index (χ4v) is 4.37. The molecule has 2 heterocycles. The van der Waals surface area contributed by atoms with Crippen molar-refractivity contribution in [2.75, 3.05) is 11.9 Å². The van der Waals surface area contributed by atoms with Gasteiger partial charge in [-0.1, -0.05) is 62.7 Å². The van der Waals surface area contributed by atoms with Crippen LogP contribution in [0.15, 0.2) is 47.5 Å². The molecule has 0 fully saturated rings. The van der Waals surface area contributed by atoms with Crippen molar-refractivity contribution < 1.29 is 4.79 Å². The number of rotatable bonds is 0. The maximum atomic E-state index is 13.5. The van der Waals surface area contributed by atoms with Gasteiger partial charge in [-0.2, -0.15) is 0 Å². The Bertz CT molecular complexity index is 910. The van der Waals surface area contributed by atoms with Crippen molar-refractivity contribution in [2.24, 2.45) is 10.4 Å². The highest BCUT2D eigenvalue weighted by Crippen LogP contribution is 2.56. The maximum absolute atomic E-state index is 13.5. The van der Waals surface area contributed by atoms with E-state index in [4.69, 9.17) is 16.6 Å². The normalized spacial score (nSPS) is 22.0. The lowest BCUT2D eigenvalue weighted by atomic mass is 9.66. The first kappa shape index (κ1) is 15.4. The summed E-state index contributed by atoms with van der Waals surface area (Å²) in [5.74, 6) is 0.0178. The van der Waals surface area contributed by atoms with Gasteiger partial charge in [0.2, 0.25) is 5.91 Å². The monoisotopic (exact) mass is 338 g/mol. The van der Waals surface area contributed by atoms with Gasteiger partial charge in [-0.3, -0.25) is 9.79 Å². The molecule has 2 aromatic rings. The van der Waals surface area contributed by atoms with Crippen molar-refractivity contribution in [1.82, 2.24) is 0 Å². The molecule has 2 aromatic carbocycles. The van der Waals surface area contributed by atoms with Gasteiger partial charge in [-0.25, -0.2) is 0 Å². The summed E-state index contributed by atoms with van der Waals surface area (Å²) in [4.78, 5) is 20.1. The molecular weight excluding hydrogens is 320 g/mol. The van der Waals surface area contributed by atoms with Gasteiger partial charge in [0.25, 0.3) is 0 Å². The molecule has 1 unspecified atom stereocenters. The van der Waals surface area contributed by atoms with E-state index in [2.05, 4.69) is 20.8 Å². The molecule has 0 saturated carbocycles. The van der Waals surface area contributed by atoms with E-state index in [0.29, 0.717) is 5.02 Å². The molecule has 3 nitrogen and oxygen atoms in total. The number of para-hydroxylation sites is 2. The van der Waals surface area contributed by atoms with Crippen molar-refractivity contribution in [1.29, 1.82) is 0 Å². The second-order valence-corrected chi connectivity index (χ2v) is 7.88. The van der Waals surface area contributed by atoms with Gasteiger partial charge in [0.05, 0.1) is 16.4 Å². The van der Waals surface area contributed by atoms with Crippen LogP contribution in [-0.2, 0) is 10.2 Å². The van der Waals surface area contributed by atoms with Crippen molar-refractivity contribution in [3.63, 3.8) is 0 Å². The van der Waals surface area contributed by atoms with Crippen LogP contribution in [0.1, 0.15) is 31.9 Å². The highest BCUT2D eigenvalue weighted by atomic mass is 35.5. The standard InChI is InChI=1S/C20H19ClN2O/c1-19(2,3)17-20(12-8-5-6-11-15(12)22-17)13-9-7-10-14(21)16(13)23(4)18(20)24/h5-11H,1-4H3. The van der Waals surface area contributed by atoms with E-state index in [1.165, 1.54) is 0 Å². The number of halogens is 1. The van der Waals surface area contributed by atoms with Crippen LogP contribution in [0.3, 0.4) is 0 Å². The van der Waals surface area contributed by atoms with Crippen LogP contribution in [-0.4, -0.2) is 18.7 Å². The first-order valence-electron chi connectivity index (χ1n) is 8.06. The summed E-state index contributed by atoms with van der Waals surface area (Å²) in [6.45, 7) is 6.32. The summed E-state index contributed by atoms with van der Waals surface area (Å²) >= 11 is 6.45. The van der Waals surface area contributed by atoms with Crippen molar-refractivity contribution in [3.8, 4) is 0 Å². The molecule has 0 radical (unpaired) electrons. The van der Waals surface area contributed by atoms with E-state index in [1.54, 1.807) is 11.9 Å². The van der Waals surface area contributed by atoms with Gasteiger partial charge in [-0.15, -0.1) is 0 Å². The number of anilines is 1. The highest BCUT2D eigenvalue weighted by molar-refractivity contribution is 6.37. The fraction of sp³-hybridized carbons (Fsp3) is 0.300. The lowest BCUT2D eigenvalue weighted by Crippen LogP contribution is -2.48. The van der Waals surface area contributed by atoms with Gasteiger partial charge in [0.15, 0.2) is 0 Å². The van der Waals surface area contributed by atoms with Crippen LogP contribution in [0.4, 0.5) is 11.4 Å². The molecule has 1 spiro atoms. The van der Waals surface area contributed by atoms with Gasteiger partial charge >= 0.3 is 0 Å². The minimum absolute atomic E-state index is 0.0178. The van der Waals surface area contributed by atoms with Gasteiger partial charge < -0.3 is 4.90 Å². The second-order valence-electron chi connectivity index (χ2n) is 7.48. The van der Waals surface area contributed by atoms with Crippen LogP contribution < -0.4 is 4.90 Å². The molecule has 2 aliphatic heterocycles. The molecule has 4 rings (SSSR count). The lowest BCUT2D eigenvalue weighted by molar-refractivity contribution is -0.119. The van der Waals surface area contributed by atoms with Crippen LogP contribution in [0.2, 0.25) is 5.02 Å². The minimum atomic E-state index is -0.871. The summed E-state index contributed by atoms with van der Waals surface area (Å²) in [5.41, 5.74) is 3.31. The maximum Gasteiger partial charge on any atom is 0.247 e. The van der Waals surface area contributed by atoms with Crippen molar-refractivity contribution in [2.45, 2.75) is 26.2 Å². The molecule has 4 heteroatoms. The van der Waals surface area contributed by atoms with E-state index in [1.807, 2.05) is 42.5 Å². The smallest absolute Gasteiger partial charge is 0.247 e. The van der Waals surface area contributed by atoms with E-state index in [0.717, 1.165) is 28.2 Å². The average molecular weight is 339 g/mol. The third kappa shape index (κ3) is 1.68. The number of carbonyl (C=O) groups is 1. The van der Waals surface area contributed by atoms with Crippen LogP contribution >= 0.6 is 11.6 Å². The molecule has 1 amide bonds. The number of aliphatic imine (C=N–C) groups is 1. The number of amides is 1. The van der Waals surface area contributed by atoms with Gasteiger partial charge in [-0.05, 0) is 12.1 Å². The predicted octanol–water partition coefficient (Wildman–Crippen LogP) is 4.73. The van der Waals surface area contributed by atoms with Crippen LogP contribution in [0, 0.1) is 5.41 Å². The van der Waals surface area contributed by atoms with Gasteiger partial charge in [0.1, 0.15) is 5.41 Å². The summed E-state index contributed by atoms with van der Waals surface area (Å²) in [6, 6.07) is 13.7. The van der Waals surface area contributed by atoms with Crippen molar-refractivity contribution in [3.05, 3.63) is 58.6 Å². The summed E-state index contributed by atoms with van der Waals surface area (Å²) in [7, 11) is 1.79. The number of fused-ring (bicyclic) bond motifs is 4. The van der Waals surface area contributed by atoms with E-state index < -0.39 is 5.41 Å². The Kier molecular flexibility index (Phi) is 3.02. The lowest BCUT2D eigenvalue weighted by Gasteiger charge is -2.33. The number of nitrogens with zero attached hydrogens (tertiary/aromatic N) is 2. The third-order valence-corrected chi connectivity index (χ3v) is 5.26. The Morgan fingerprint density at radius 2 is 1.71 bits per heavy atom. The molecule has 0 bridgehead atoms. The Hall–Kier alpha value is -2.13. The van der Waals surface area contributed by atoms with Crippen LogP contribution in [0.5, 0.6) is 0 Å². The van der Waals surface area contributed by atoms with Gasteiger partial charge in [0, 0.05) is 29.3 Å². The average Bonchev–Trinajstić information content (AvgIpc) is 2.99. The molecule has 24 heavy (non-hydrogen) atoms. The Morgan fingerprint density at radius 3 is 2.42 bits per heavy atom. The molecule has 0 aromatic heterocycles. The first-order valence-corrected chi connectivity index (χ1v) is 8.43. The number of likely N-dealkylation sites (N-methyl/N-ethyl adjacent to an activating group) is 1. The topological polar surface area (TPSA) is 32.7 Å². The van der Waals surface area contributed by atoms with Crippen molar-refractivity contribution >= 4 is 34.6 Å². The second kappa shape index (κ2) is 4.70. The largest absolute Gasteiger partial charge is 0.312 e. The molecule has 1 atom stereocenters.